The molecule has 0 unspecified atom stereocenters. The summed E-state index contributed by atoms with van der Waals surface area (Å²) in [5, 5.41) is 29.8. The number of aromatic hydroxyl groups is 1. The quantitative estimate of drug-likeness (QED) is 0.397. The monoisotopic (exact) mass is 355 g/mol. The normalized spacial score (nSPS) is 12.5. The number of nitrogens with zero attached hydrogens (tertiary/aromatic N) is 3. The summed E-state index contributed by atoms with van der Waals surface area (Å²) in [6.07, 6.45) is 0. The van der Waals surface area contributed by atoms with Gasteiger partial charge < -0.3 is 5.11 Å². The Balaban J connectivity index is 2.54. The largest absolute Gasteiger partial charge is 0.506 e. The van der Waals surface area contributed by atoms with Crippen molar-refractivity contribution in [3.05, 3.63) is 57.6 Å². The molecule has 2 aromatic carbocycles. The van der Waals surface area contributed by atoms with Gasteiger partial charge in [-0.25, -0.2) is 0 Å². The third kappa shape index (κ3) is 4.25. The lowest BCUT2D eigenvalue weighted by Crippen LogP contribution is -2.13. The highest BCUT2D eigenvalue weighted by atomic mass is 16.6. The van der Waals surface area contributed by atoms with Crippen molar-refractivity contribution >= 4 is 17.1 Å². The second-order valence-electron chi connectivity index (χ2n) is 8.33. The van der Waals surface area contributed by atoms with Gasteiger partial charge in [-0.05, 0) is 34.6 Å². The Labute approximate surface area is 153 Å². The van der Waals surface area contributed by atoms with Crippen molar-refractivity contribution in [2.45, 2.75) is 52.4 Å². The Morgan fingerprint density at radius 2 is 1.54 bits per heavy atom. The molecule has 6 nitrogen and oxygen atoms in total. The van der Waals surface area contributed by atoms with E-state index in [0.29, 0.717) is 5.56 Å². The van der Waals surface area contributed by atoms with Gasteiger partial charge in [-0.3, -0.25) is 10.1 Å². The molecule has 0 saturated heterocycles. The minimum atomic E-state index is -0.430. The minimum absolute atomic E-state index is 0.0172. The summed E-state index contributed by atoms with van der Waals surface area (Å²) in [7, 11) is 0. The van der Waals surface area contributed by atoms with Crippen molar-refractivity contribution in [3.8, 4) is 5.75 Å². The highest BCUT2D eigenvalue weighted by Crippen LogP contribution is 2.40. The van der Waals surface area contributed by atoms with Gasteiger partial charge >= 0.3 is 0 Å². The van der Waals surface area contributed by atoms with Crippen LogP contribution in [-0.4, -0.2) is 10.0 Å². The van der Waals surface area contributed by atoms with Crippen molar-refractivity contribution in [1.29, 1.82) is 0 Å². The van der Waals surface area contributed by atoms with E-state index in [1.807, 2.05) is 26.8 Å². The van der Waals surface area contributed by atoms with Crippen LogP contribution < -0.4 is 0 Å². The maximum absolute atomic E-state index is 11.6. The predicted octanol–water partition coefficient (Wildman–Crippen LogP) is 6.31. The predicted molar refractivity (Wildman–Crippen MR) is 103 cm³/mol. The van der Waals surface area contributed by atoms with Gasteiger partial charge in [0.25, 0.3) is 5.69 Å². The maximum Gasteiger partial charge on any atom is 0.300 e. The number of benzene rings is 2. The Hall–Kier alpha value is -2.76. The van der Waals surface area contributed by atoms with Crippen LogP contribution in [0.15, 0.2) is 46.6 Å². The second kappa shape index (κ2) is 6.86. The van der Waals surface area contributed by atoms with E-state index < -0.39 is 10.3 Å². The average molecular weight is 355 g/mol. The molecule has 1 N–H and O–H groups in total. The lowest BCUT2D eigenvalue weighted by atomic mass is 9.85. The van der Waals surface area contributed by atoms with Gasteiger partial charge in [0.05, 0.1) is 4.92 Å². The lowest BCUT2D eigenvalue weighted by molar-refractivity contribution is -0.385. The topological polar surface area (TPSA) is 88.1 Å². The fraction of sp³-hybridized carbons (Fsp3) is 0.400. The van der Waals surface area contributed by atoms with Crippen LogP contribution in [0.5, 0.6) is 5.75 Å². The number of phenols is 1. The molecule has 0 spiro atoms. The van der Waals surface area contributed by atoms with Crippen LogP contribution in [0.2, 0.25) is 0 Å². The fourth-order valence-corrected chi connectivity index (χ4v) is 2.59. The third-order valence-corrected chi connectivity index (χ3v) is 4.11. The van der Waals surface area contributed by atoms with Gasteiger partial charge in [0.15, 0.2) is 5.69 Å². The Kier molecular flexibility index (Phi) is 5.16. The standard InChI is InChI=1S/C20H25N3O3/c1-19(2,3)13-10-11-17(24)16(12-13)22-21-15-9-7-8-14(20(4,5)6)18(15)23(25)26/h7-12,24H,1-6H3. The number of hydrogen-bond donors (Lipinski definition) is 1. The van der Waals surface area contributed by atoms with E-state index in [2.05, 4.69) is 31.0 Å². The van der Waals surface area contributed by atoms with E-state index in [9.17, 15) is 15.2 Å². The van der Waals surface area contributed by atoms with E-state index in [0.717, 1.165) is 5.56 Å². The number of nitro groups is 1. The molecule has 0 fully saturated rings. The first-order valence-corrected chi connectivity index (χ1v) is 8.44. The first-order valence-electron chi connectivity index (χ1n) is 8.44. The molecule has 0 amide bonds. The van der Waals surface area contributed by atoms with Gasteiger partial charge in [-0.1, -0.05) is 59.7 Å². The van der Waals surface area contributed by atoms with Crippen LogP contribution in [-0.2, 0) is 10.8 Å². The molecule has 2 rings (SSSR count). The summed E-state index contributed by atoms with van der Waals surface area (Å²) < 4.78 is 0. The third-order valence-electron chi connectivity index (χ3n) is 4.11. The van der Waals surface area contributed by atoms with Crippen LogP contribution >= 0.6 is 0 Å². The number of nitro benzene ring substituents is 1. The summed E-state index contributed by atoms with van der Waals surface area (Å²) in [6.45, 7) is 11.9. The molecule has 6 heteroatoms. The molecule has 0 aliphatic rings. The Morgan fingerprint density at radius 1 is 0.923 bits per heavy atom. The molecule has 0 saturated carbocycles. The highest BCUT2D eigenvalue weighted by Gasteiger charge is 2.28. The van der Waals surface area contributed by atoms with Crippen molar-refractivity contribution in [2.24, 2.45) is 10.2 Å². The zero-order valence-electron chi connectivity index (χ0n) is 16.1. The second-order valence-corrected chi connectivity index (χ2v) is 8.33. The lowest BCUT2D eigenvalue weighted by Gasteiger charge is -2.19. The molecule has 0 heterocycles. The van der Waals surface area contributed by atoms with Gasteiger partial charge in [0.2, 0.25) is 0 Å². The number of para-hydroxylation sites is 1. The minimum Gasteiger partial charge on any atom is -0.506 e. The Morgan fingerprint density at radius 3 is 2.08 bits per heavy atom. The maximum atomic E-state index is 11.6. The van der Waals surface area contributed by atoms with E-state index in [1.54, 1.807) is 30.3 Å². The van der Waals surface area contributed by atoms with Gasteiger partial charge in [0.1, 0.15) is 11.4 Å². The smallest absolute Gasteiger partial charge is 0.300 e. The first kappa shape index (κ1) is 19.6. The average Bonchev–Trinajstić information content (AvgIpc) is 2.51. The van der Waals surface area contributed by atoms with Crippen LogP contribution in [0.1, 0.15) is 52.7 Å². The van der Waals surface area contributed by atoms with E-state index in [4.69, 9.17) is 0 Å². The summed E-state index contributed by atoms with van der Waals surface area (Å²) in [5.74, 6) is -0.0172. The highest BCUT2D eigenvalue weighted by molar-refractivity contribution is 5.64. The van der Waals surface area contributed by atoms with Crippen LogP contribution in [0, 0.1) is 10.1 Å². The SMILES string of the molecule is CC(C)(C)c1ccc(O)c(N=Nc2cccc(C(C)(C)C)c2[N+](=O)[O-])c1. The molecule has 0 aromatic heterocycles. The van der Waals surface area contributed by atoms with E-state index >= 15 is 0 Å². The van der Waals surface area contributed by atoms with Gasteiger partial charge in [0, 0.05) is 5.56 Å². The number of phenolic OH excluding ortho intramolecular Hbond substituents is 1. The number of azo groups is 1. The molecular weight excluding hydrogens is 330 g/mol. The number of rotatable bonds is 3. The fourth-order valence-electron chi connectivity index (χ4n) is 2.59. The van der Waals surface area contributed by atoms with Crippen molar-refractivity contribution < 1.29 is 10.0 Å². The molecule has 0 aliphatic carbocycles. The molecule has 2 aromatic rings. The molecule has 0 radical (unpaired) electrons. The molecule has 138 valence electrons. The summed E-state index contributed by atoms with van der Waals surface area (Å²) in [6, 6.07) is 10.2. The molecule has 0 atom stereocenters. The van der Waals surface area contributed by atoms with Gasteiger partial charge in [-0.15, -0.1) is 10.2 Å². The van der Waals surface area contributed by atoms with Crippen LogP contribution in [0.4, 0.5) is 17.1 Å². The number of hydrogen-bond acceptors (Lipinski definition) is 5. The van der Waals surface area contributed by atoms with E-state index in [1.165, 1.54) is 0 Å². The van der Waals surface area contributed by atoms with Crippen LogP contribution in [0.25, 0.3) is 0 Å². The molecule has 0 aliphatic heterocycles. The van der Waals surface area contributed by atoms with Crippen molar-refractivity contribution in [3.63, 3.8) is 0 Å². The van der Waals surface area contributed by atoms with Crippen LogP contribution in [0.3, 0.4) is 0 Å². The summed E-state index contributed by atoms with van der Waals surface area (Å²) in [5.41, 5.74) is 1.46. The molecular formula is C20H25N3O3. The van der Waals surface area contributed by atoms with Crippen molar-refractivity contribution in [1.82, 2.24) is 0 Å². The summed E-state index contributed by atoms with van der Waals surface area (Å²) >= 11 is 0. The van der Waals surface area contributed by atoms with Crippen molar-refractivity contribution in [2.75, 3.05) is 0 Å². The zero-order chi connectivity index (χ0) is 19.7. The molecule has 26 heavy (non-hydrogen) atoms. The Bertz CT molecular complexity index is 860. The van der Waals surface area contributed by atoms with E-state index in [-0.39, 0.29) is 28.2 Å². The summed E-state index contributed by atoms with van der Waals surface area (Å²) in [4.78, 5) is 11.2. The molecule has 0 bridgehead atoms. The van der Waals surface area contributed by atoms with Gasteiger partial charge in [-0.2, -0.15) is 0 Å². The zero-order valence-corrected chi connectivity index (χ0v) is 16.1. The first-order chi connectivity index (χ1) is 11.9.